The number of carbonyl (C=O) groups is 1. The first-order valence-electron chi connectivity index (χ1n) is 4.55. The highest BCUT2D eigenvalue weighted by Crippen LogP contribution is 2.22. The molecule has 0 aromatic rings. The molecule has 1 saturated heterocycles. The van der Waals surface area contributed by atoms with E-state index in [2.05, 4.69) is 0 Å². The standard InChI is InChI=1S/C8H14FNO5/c1-4(12)10-15-7-2-5(13)8(9)6(3-11)14-7/h5-8,11,13H,2-3H2,1H3,(H,10,12)/t5-,6-,7-,8+/m1/s1. The van der Waals surface area contributed by atoms with Crippen molar-refractivity contribution in [2.45, 2.75) is 38.0 Å². The van der Waals surface area contributed by atoms with Gasteiger partial charge >= 0.3 is 0 Å². The van der Waals surface area contributed by atoms with Crippen LogP contribution >= 0.6 is 0 Å². The van der Waals surface area contributed by atoms with Crippen LogP contribution in [0.4, 0.5) is 4.39 Å². The van der Waals surface area contributed by atoms with Crippen LogP contribution in [0.5, 0.6) is 0 Å². The Morgan fingerprint density at radius 1 is 1.73 bits per heavy atom. The van der Waals surface area contributed by atoms with Crippen molar-refractivity contribution >= 4 is 5.91 Å². The van der Waals surface area contributed by atoms with Crippen LogP contribution in [0.3, 0.4) is 0 Å². The van der Waals surface area contributed by atoms with Gasteiger partial charge in [-0.25, -0.2) is 14.7 Å². The zero-order valence-electron chi connectivity index (χ0n) is 8.22. The fourth-order valence-electron chi connectivity index (χ4n) is 1.27. The van der Waals surface area contributed by atoms with Crippen molar-refractivity contribution in [3.05, 3.63) is 0 Å². The molecule has 1 aliphatic heterocycles. The van der Waals surface area contributed by atoms with Gasteiger partial charge in [0.25, 0.3) is 0 Å². The van der Waals surface area contributed by atoms with Crippen molar-refractivity contribution in [1.29, 1.82) is 0 Å². The highest BCUT2D eigenvalue weighted by molar-refractivity contribution is 5.71. The Kier molecular flexibility index (Phi) is 4.40. The van der Waals surface area contributed by atoms with Gasteiger partial charge in [-0.15, -0.1) is 0 Å². The number of aliphatic hydroxyl groups excluding tert-OH is 2. The second-order valence-corrected chi connectivity index (χ2v) is 3.31. The smallest absolute Gasteiger partial charge is 0.240 e. The largest absolute Gasteiger partial charge is 0.394 e. The number of rotatable bonds is 3. The van der Waals surface area contributed by atoms with Crippen molar-refractivity contribution in [2.75, 3.05) is 6.61 Å². The number of hydrogen-bond acceptors (Lipinski definition) is 5. The maximum atomic E-state index is 13.1. The second kappa shape index (κ2) is 5.36. The predicted octanol–water partition coefficient (Wildman–Crippen LogP) is -1.14. The van der Waals surface area contributed by atoms with Crippen molar-refractivity contribution in [3.63, 3.8) is 0 Å². The molecule has 88 valence electrons. The fourth-order valence-corrected chi connectivity index (χ4v) is 1.27. The highest BCUT2D eigenvalue weighted by Gasteiger charge is 2.38. The highest BCUT2D eigenvalue weighted by atomic mass is 19.1. The van der Waals surface area contributed by atoms with E-state index in [-0.39, 0.29) is 6.42 Å². The minimum atomic E-state index is -1.65. The number of carbonyl (C=O) groups excluding carboxylic acids is 1. The van der Waals surface area contributed by atoms with Crippen LogP contribution in [0.1, 0.15) is 13.3 Å². The fraction of sp³-hybridized carbons (Fsp3) is 0.875. The van der Waals surface area contributed by atoms with Crippen LogP contribution in [0.25, 0.3) is 0 Å². The van der Waals surface area contributed by atoms with Crippen molar-refractivity contribution in [1.82, 2.24) is 5.48 Å². The predicted molar refractivity (Wildman–Crippen MR) is 46.2 cm³/mol. The van der Waals surface area contributed by atoms with E-state index in [1.54, 1.807) is 0 Å². The van der Waals surface area contributed by atoms with Gasteiger partial charge in [-0.2, -0.15) is 0 Å². The van der Waals surface area contributed by atoms with Gasteiger partial charge in [-0.05, 0) is 0 Å². The average Bonchev–Trinajstić information content (AvgIpc) is 2.19. The van der Waals surface area contributed by atoms with E-state index in [0.717, 1.165) is 0 Å². The third kappa shape index (κ3) is 3.38. The lowest BCUT2D eigenvalue weighted by Gasteiger charge is -2.34. The summed E-state index contributed by atoms with van der Waals surface area (Å²) in [4.78, 5) is 15.2. The summed E-state index contributed by atoms with van der Waals surface area (Å²) >= 11 is 0. The Hall–Kier alpha value is -0.760. The van der Waals surface area contributed by atoms with Gasteiger partial charge in [0.15, 0.2) is 12.5 Å². The summed E-state index contributed by atoms with van der Waals surface area (Å²) in [6.07, 6.45) is -5.10. The molecule has 3 N–H and O–H groups in total. The van der Waals surface area contributed by atoms with Gasteiger partial charge < -0.3 is 14.9 Å². The maximum Gasteiger partial charge on any atom is 0.240 e. The van der Waals surface area contributed by atoms with E-state index in [1.807, 2.05) is 5.48 Å². The average molecular weight is 223 g/mol. The molecule has 0 spiro atoms. The Morgan fingerprint density at radius 3 is 2.93 bits per heavy atom. The Balaban J connectivity index is 2.44. The molecule has 1 rings (SSSR count). The third-order valence-corrected chi connectivity index (χ3v) is 2.00. The number of amides is 1. The molecule has 1 fully saturated rings. The van der Waals surface area contributed by atoms with Crippen LogP contribution in [-0.2, 0) is 14.4 Å². The number of aliphatic hydroxyl groups is 2. The molecular formula is C8H14FNO5. The van der Waals surface area contributed by atoms with Crippen molar-refractivity contribution < 1.29 is 29.0 Å². The first-order chi connectivity index (χ1) is 7.04. The molecule has 7 heteroatoms. The van der Waals surface area contributed by atoms with E-state index in [4.69, 9.17) is 14.7 Å². The molecule has 0 aromatic carbocycles. The number of alkyl halides is 1. The lowest BCUT2D eigenvalue weighted by molar-refractivity contribution is -0.261. The third-order valence-electron chi connectivity index (χ3n) is 2.00. The van der Waals surface area contributed by atoms with Crippen LogP contribution < -0.4 is 5.48 Å². The Morgan fingerprint density at radius 2 is 2.40 bits per heavy atom. The van der Waals surface area contributed by atoms with Crippen LogP contribution in [-0.4, -0.2) is 47.4 Å². The van der Waals surface area contributed by atoms with Crippen LogP contribution in [0.15, 0.2) is 0 Å². The SMILES string of the molecule is CC(=O)NO[C@@H]1C[C@@H](O)[C@H](F)[C@@H](CO)O1. The van der Waals surface area contributed by atoms with Gasteiger partial charge in [-0.3, -0.25) is 4.79 Å². The first-order valence-corrected chi connectivity index (χ1v) is 4.55. The molecule has 1 amide bonds. The summed E-state index contributed by atoms with van der Waals surface area (Å²) in [5, 5.41) is 18.0. The van der Waals surface area contributed by atoms with Crippen LogP contribution in [0.2, 0.25) is 0 Å². The normalized spacial score (nSPS) is 36.3. The monoisotopic (exact) mass is 223 g/mol. The number of ether oxygens (including phenoxy) is 1. The minimum Gasteiger partial charge on any atom is -0.394 e. The molecule has 0 unspecified atom stereocenters. The summed E-state index contributed by atoms with van der Waals surface area (Å²) < 4.78 is 18.1. The summed E-state index contributed by atoms with van der Waals surface area (Å²) in [5.74, 6) is -0.434. The van der Waals surface area contributed by atoms with Crippen molar-refractivity contribution in [3.8, 4) is 0 Å². The molecule has 0 radical (unpaired) electrons. The Labute approximate surface area is 85.9 Å². The molecular weight excluding hydrogens is 209 g/mol. The first kappa shape index (κ1) is 12.3. The molecule has 6 nitrogen and oxygen atoms in total. The second-order valence-electron chi connectivity index (χ2n) is 3.31. The zero-order valence-corrected chi connectivity index (χ0v) is 8.22. The molecule has 4 atom stereocenters. The maximum absolute atomic E-state index is 13.1. The number of hydrogen-bond donors (Lipinski definition) is 3. The lowest BCUT2D eigenvalue weighted by Crippen LogP contribution is -2.49. The van der Waals surface area contributed by atoms with Crippen molar-refractivity contribution in [2.24, 2.45) is 0 Å². The molecule has 1 aliphatic rings. The Bertz CT molecular complexity index is 227. The number of hydroxylamine groups is 1. The molecule has 0 aromatic heterocycles. The molecule has 0 saturated carbocycles. The van der Waals surface area contributed by atoms with Gasteiger partial charge in [0.1, 0.15) is 6.10 Å². The molecule has 15 heavy (non-hydrogen) atoms. The van der Waals surface area contributed by atoms with Gasteiger partial charge in [0.05, 0.1) is 12.7 Å². The van der Waals surface area contributed by atoms with Gasteiger partial charge in [0, 0.05) is 13.3 Å². The zero-order chi connectivity index (χ0) is 11.4. The van der Waals surface area contributed by atoms with E-state index < -0.39 is 37.2 Å². The topological polar surface area (TPSA) is 88.0 Å². The van der Waals surface area contributed by atoms with E-state index in [1.165, 1.54) is 6.92 Å². The summed E-state index contributed by atoms with van der Waals surface area (Å²) in [7, 11) is 0. The number of nitrogens with one attached hydrogen (secondary N) is 1. The van der Waals surface area contributed by atoms with Crippen LogP contribution in [0, 0.1) is 0 Å². The molecule has 0 aliphatic carbocycles. The lowest BCUT2D eigenvalue weighted by atomic mass is 10.0. The van der Waals surface area contributed by atoms with E-state index in [9.17, 15) is 14.3 Å². The number of halogens is 1. The van der Waals surface area contributed by atoms with Gasteiger partial charge in [0.2, 0.25) is 5.91 Å². The molecule has 1 heterocycles. The van der Waals surface area contributed by atoms with E-state index >= 15 is 0 Å². The summed E-state index contributed by atoms with van der Waals surface area (Å²) in [6, 6.07) is 0. The summed E-state index contributed by atoms with van der Waals surface area (Å²) in [6.45, 7) is 0.679. The quantitative estimate of drug-likeness (QED) is 0.526. The minimum absolute atomic E-state index is 0.0993. The van der Waals surface area contributed by atoms with E-state index in [0.29, 0.717) is 0 Å². The van der Waals surface area contributed by atoms with Gasteiger partial charge in [-0.1, -0.05) is 0 Å². The summed E-state index contributed by atoms with van der Waals surface area (Å²) in [5.41, 5.74) is 2.02. The molecule has 0 bridgehead atoms.